The van der Waals surface area contributed by atoms with Crippen molar-refractivity contribution in [3.8, 4) is 0 Å². The molecule has 1 aliphatic carbocycles. The van der Waals surface area contributed by atoms with E-state index in [4.69, 9.17) is 4.74 Å². The van der Waals surface area contributed by atoms with Gasteiger partial charge in [0.25, 0.3) is 5.91 Å². The minimum Gasteiger partial charge on any atom is -0.381 e. The molecule has 3 fully saturated rings. The summed E-state index contributed by atoms with van der Waals surface area (Å²) in [6.07, 6.45) is 10.4. The maximum Gasteiger partial charge on any atom is 0.257 e. The van der Waals surface area contributed by atoms with E-state index < -0.39 is 0 Å². The fourth-order valence-electron chi connectivity index (χ4n) is 4.67. The van der Waals surface area contributed by atoms with Gasteiger partial charge in [-0.3, -0.25) is 9.79 Å². The average molecular weight is 383 g/mol. The fourth-order valence-corrected chi connectivity index (χ4v) is 4.67. The molecule has 3 aliphatic rings. The highest BCUT2D eigenvalue weighted by Gasteiger charge is 2.49. The summed E-state index contributed by atoms with van der Waals surface area (Å²) in [4.78, 5) is 29.9. The first-order valence-electron chi connectivity index (χ1n) is 10.1. The average Bonchev–Trinajstić information content (AvgIpc) is 3.45. The van der Waals surface area contributed by atoms with Crippen LogP contribution in [0, 0.1) is 5.41 Å². The van der Waals surface area contributed by atoms with E-state index in [2.05, 4.69) is 33.5 Å². The third kappa shape index (κ3) is 3.32. The van der Waals surface area contributed by atoms with Gasteiger partial charge in [0, 0.05) is 51.9 Å². The van der Waals surface area contributed by atoms with Crippen LogP contribution in [0.2, 0.25) is 0 Å². The van der Waals surface area contributed by atoms with E-state index in [-0.39, 0.29) is 16.9 Å². The molecule has 2 saturated heterocycles. The molecule has 150 valence electrons. The van der Waals surface area contributed by atoms with Crippen molar-refractivity contribution in [2.75, 3.05) is 38.3 Å². The number of ether oxygens (including phenoxy) is 1. The highest BCUT2D eigenvalue weighted by atomic mass is 16.5. The quantitative estimate of drug-likeness (QED) is 0.731. The number of amides is 1. The molecule has 0 bridgehead atoms. The van der Waals surface area contributed by atoms with Gasteiger partial charge in [-0.15, -0.1) is 0 Å². The van der Waals surface area contributed by atoms with Crippen LogP contribution >= 0.6 is 0 Å². The molecule has 28 heavy (non-hydrogen) atoms. The number of likely N-dealkylation sites (tertiary alicyclic amines) is 1. The minimum absolute atomic E-state index is 0.0330. The van der Waals surface area contributed by atoms with Crippen molar-refractivity contribution in [2.24, 2.45) is 10.4 Å². The Balaban J connectivity index is 1.44. The Hall–Kier alpha value is -2.28. The van der Waals surface area contributed by atoms with Crippen molar-refractivity contribution >= 4 is 18.6 Å². The molecule has 3 heterocycles. The molecule has 0 unspecified atom stereocenters. The fraction of sp³-hybridized carbons (Fsp3) is 0.619. The number of aromatic nitrogens is 2. The van der Waals surface area contributed by atoms with E-state index in [1.165, 1.54) is 0 Å². The molecule has 0 radical (unpaired) electrons. The first-order chi connectivity index (χ1) is 13.5. The number of rotatable bonds is 5. The summed E-state index contributed by atoms with van der Waals surface area (Å²) in [5.41, 5.74) is 1.90. The number of aliphatic imine (C=N–C) groups is 1. The first kappa shape index (κ1) is 19.1. The maximum atomic E-state index is 12.9. The van der Waals surface area contributed by atoms with Gasteiger partial charge in [0.2, 0.25) is 5.95 Å². The van der Waals surface area contributed by atoms with Crippen molar-refractivity contribution in [3.05, 3.63) is 29.7 Å². The number of anilines is 1. The van der Waals surface area contributed by atoms with Crippen molar-refractivity contribution < 1.29 is 9.53 Å². The van der Waals surface area contributed by atoms with Crippen molar-refractivity contribution in [3.63, 3.8) is 0 Å². The third-order valence-electron chi connectivity index (χ3n) is 6.85. The van der Waals surface area contributed by atoms with E-state index in [0.29, 0.717) is 11.5 Å². The predicted octanol–water partition coefficient (Wildman–Crippen LogP) is 2.69. The lowest BCUT2D eigenvalue weighted by Crippen LogP contribution is -2.37. The molecule has 4 rings (SSSR count). The summed E-state index contributed by atoms with van der Waals surface area (Å²) in [6.45, 7) is 8.86. The molecule has 0 aromatic carbocycles. The monoisotopic (exact) mass is 383 g/mol. The Bertz CT molecular complexity index is 778. The number of carbonyl (C=O) groups is 1. The van der Waals surface area contributed by atoms with E-state index in [1.54, 1.807) is 18.6 Å². The number of likely N-dealkylation sites (N-methyl/N-ethyl adjacent to an activating group) is 1. The summed E-state index contributed by atoms with van der Waals surface area (Å²) in [5, 5.41) is 0. The van der Waals surface area contributed by atoms with Gasteiger partial charge >= 0.3 is 0 Å². The Morgan fingerprint density at radius 2 is 1.93 bits per heavy atom. The molecule has 0 N–H and O–H groups in total. The van der Waals surface area contributed by atoms with Crippen LogP contribution < -0.4 is 4.90 Å². The summed E-state index contributed by atoms with van der Waals surface area (Å²) in [7, 11) is 2.00. The van der Waals surface area contributed by atoms with Crippen LogP contribution in [0.25, 0.3) is 0 Å². The zero-order valence-electron chi connectivity index (χ0n) is 16.9. The zero-order chi connectivity index (χ0) is 19.8. The topological polar surface area (TPSA) is 70.9 Å². The lowest BCUT2D eigenvalue weighted by atomic mass is 9.80. The zero-order valence-corrected chi connectivity index (χ0v) is 16.9. The van der Waals surface area contributed by atoms with Gasteiger partial charge in [-0.25, -0.2) is 9.97 Å². The molecule has 2 aliphatic heterocycles. The van der Waals surface area contributed by atoms with Gasteiger partial charge in [0.15, 0.2) is 0 Å². The van der Waals surface area contributed by atoms with Crippen molar-refractivity contribution in [2.45, 2.75) is 44.6 Å². The highest BCUT2D eigenvalue weighted by molar-refractivity contribution is 5.94. The van der Waals surface area contributed by atoms with E-state index in [0.717, 1.165) is 64.0 Å². The normalized spacial score (nSPS) is 22.9. The molecular formula is C21H29N5O2. The second kappa shape index (κ2) is 7.28. The minimum atomic E-state index is -0.0723. The van der Waals surface area contributed by atoms with E-state index in [9.17, 15) is 4.79 Å². The van der Waals surface area contributed by atoms with E-state index in [1.807, 2.05) is 11.9 Å². The maximum absolute atomic E-state index is 12.9. The number of carbonyl (C=O) groups excluding carboxylic acids is 1. The molecule has 7 nitrogen and oxygen atoms in total. The van der Waals surface area contributed by atoms with Gasteiger partial charge in [0.1, 0.15) is 0 Å². The van der Waals surface area contributed by atoms with Crippen LogP contribution in [0.1, 0.15) is 49.4 Å². The van der Waals surface area contributed by atoms with E-state index >= 15 is 0 Å². The van der Waals surface area contributed by atoms with Crippen LogP contribution in [0.5, 0.6) is 0 Å². The third-order valence-corrected chi connectivity index (χ3v) is 6.85. The van der Waals surface area contributed by atoms with Crippen LogP contribution in [-0.4, -0.2) is 66.4 Å². The summed E-state index contributed by atoms with van der Waals surface area (Å²) >= 11 is 0. The summed E-state index contributed by atoms with van der Waals surface area (Å²) in [5.74, 6) is 0.666. The Morgan fingerprint density at radius 3 is 2.54 bits per heavy atom. The second-order valence-electron chi connectivity index (χ2n) is 8.45. The van der Waals surface area contributed by atoms with Crippen molar-refractivity contribution in [1.29, 1.82) is 0 Å². The van der Waals surface area contributed by atoms with Gasteiger partial charge < -0.3 is 14.5 Å². The largest absolute Gasteiger partial charge is 0.381 e. The lowest BCUT2D eigenvalue weighted by Gasteiger charge is -2.33. The SMILES string of the molecule is C=N/C=C(\C)C1(N(C)c2ncc(C(=O)N3CCC4(CCOCC4)C3)cn2)CC1. The predicted molar refractivity (Wildman–Crippen MR) is 109 cm³/mol. The standard InChI is InChI=1S/C21H29N5O2/c1-16(12-22-2)21(4-5-21)25(3)19-23-13-17(14-24-19)18(27)26-9-6-20(15-26)7-10-28-11-8-20/h12-14H,2,4-11,15H2,1,3H3/b16-12+. The number of hydrogen-bond acceptors (Lipinski definition) is 6. The van der Waals surface area contributed by atoms with Gasteiger partial charge in [0.05, 0.1) is 11.1 Å². The Morgan fingerprint density at radius 1 is 1.25 bits per heavy atom. The molecule has 1 amide bonds. The lowest BCUT2D eigenvalue weighted by molar-refractivity contribution is 0.0191. The van der Waals surface area contributed by atoms with Gasteiger partial charge in [-0.2, -0.15) is 0 Å². The molecule has 1 saturated carbocycles. The van der Waals surface area contributed by atoms with Crippen LogP contribution in [0.3, 0.4) is 0 Å². The summed E-state index contributed by atoms with van der Waals surface area (Å²) in [6, 6.07) is 0. The second-order valence-corrected chi connectivity index (χ2v) is 8.45. The number of nitrogens with zero attached hydrogens (tertiary/aromatic N) is 5. The first-order valence-corrected chi connectivity index (χ1v) is 10.1. The smallest absolute Gasteiger partial charge is 0.257 e. The van der Waals surface area contributed by atoms with Gasteiger partial charge in [-0.05, 0) is 56.7 Å². The number of hydrogen-bond donors (Lipinski definition) is 0. The van der Waals surface area contributed by atoms with Crippen LogP contribution in [-0.2, 0) is 4.74 Å². The molecule has 1 aromatic rings. The molecule has 1 spiro atoms. The highest BCUT2D eigenvalue weighted by Crippen LogP contribution is 2.48. The van der Waals surface area contributed by atoms with Crippen molar-refractivity contribution in [1.82, 2.24) is 14.9 Å². The molecule has 0 atom stereocenters. The molecule has 7 heteroatoms. The van der Waals surface area contributed by atoms with Crippen LogP contribution in [0.15, 0.2) is 29.2 Å². The molecule has 1 aromatic heterocycles. The summed E-state index contributed by atoms with van der Waals surface area (Å²) < 4.78 is 5.50. The van der Waals surface area contributed by atoms with Crippen LogP contribution in [0.4, 0.5) is 5.95 Å². The van der Waals surface area contributed by atoms with Gasteiger partial charge in [-0.1, -0.05) is 0 Å². The Kier molecular flexibility index (Phi) is 4.95. The molecular weight excluding hydrogens is 354 g/mol. The Labute approximate surface area is 166 Å².